The number of rotatable bonds is 4. The second kappa shape index (κ2) is 7.07. The Labute approximate surface area is 125 Å². The van der Waals surface area contributed by atoms with Crippen LogP contribution in [0.2, 0.25) is 0 Å². The summed E-state index contributed by atoms with van der Waals surface area (Å²) in [6.07, 6.45) is 1.90. The molecule has 1 atom stereocenters. The van der Waals surface area contributed by atoms with E-state index < -0.39 is 0 Å². The van der Waals surface area contributed by atoms with Crippen LogP contribution in [0.1, 0.15) is 34.9 Å². The average molecular weight is 298 g/mol. The van der Waals surface area contributed by atoms with E-state index >= 15 is 0 Å². The molecule has 1 aromatic carbocycles. The number of ether oxygens (including phenoxy) is 2. The Hall–Kier alpha value is -1.10. The second-order valence-electron chi connectivity index (χ2n) is 5.08. The van der Waals surface area contributed by atoms with Gasteiger partial charge in [0.2, 0.25) is 0 Å². The van der Waals surface area contributed by atoms with Gasteiger partial charge in [-0.2, -0.15) is 0 Å². The Bertz CT molecular complexity index is 460. The third kappa shape index (κ3) is 3.32. The molecule has 1 saturated heterocycles. The van der Waals surface area contributed by atoms with Gasteiger partial charge in [0.25, 0.3) is 0 Å². The van der Waals surface area contributed by atoms with Crippen LogP contribution >= 0.6 is 12.4 Å². The fraction of sp³-hybridized carbons (Fsp3) is 0.533. The van der Waals surface area contributed by atoms with Crippen LogP contribution in [0.5, 0.6) is 0 Å². The van der Waals surface area contributed by atoms with Crippen LogP contribution in [0.25, 0.3) is 0 Å². The SMILES string of the molecule is Cl.O=C1OC(CCCN2CCOCC2)c2ccccc21. The number of carbonyl (C=O) groups excluding carboxylic acids is 1. The van der Waals surface area contributed by atoms with Crippen LogP contribution in [0.3, 0.4) is 0 Å². The van der Waals surface area contributed by atoms with Crippen molar-refractivity contribution in [2.45, 2.75) is 18.9 Å². The number of morpholine rings is 1. The van der Waals surface area contributed by atoms with Gasteiger partial charge in [-0.25, -0.2) is 4.79 Å². The Balaban J connectivity index is 0.00000147. The molecular weight excluding hydrogens is 278 g/mol. The van der Waals surface area contributed by atoms with Crippen LogP contribution < -0.4 is 0 Å². The van der Waals surface area contributed by atoms with Crippen LogP contribution in [-0.2, 0) is 9.47 Å². The predicted octanol–water partition coefficient (Wildman–Crippen LogP) is 2.43. The number of cyclic esters (lactones) is 1. The summed E-state index contributed by atoms with van der Waals surface area (Å²) in [5, 5.41) is 0. The molecule has 0 amide bonds. The molecule has 0 aromatic heterocycles. The topological polar surface area (TPSA) is 38.8 Å². The number of fused-ring (bicyclic) bond motifs is 1. The minimum absolute atomic E-state index is 0. The zero-order chi connectivity index (χ0) is 13.1. The van der Waals surface area contributed by atoms with Crippen molar-refractivity contribution >= 4 is 18.4 Å². The van der Waals surface area contributed by atoms with Gasteiger partial charge in [0.05, 0.1) is 18.8 Å². The van der Waals surface area contributed by atoms with Crippen molar-refractivity contribution < 1.29 is 14.3 Å². The van der Waals surface area contributed by atoms with Crippen molar-refractivity contribution in [2.24, 2.45) is 0 Å². The molecule has 0 N–H and O–H groups in total. The fourth-order valence-corrected chi connectivity index (χ4v) is 2.76. The number of hydrogen-bond donors (Lipinski definition) is 0. The Morgan fingerprint density at radius 2 is 1.95 bits per heavy atom. The van der Waals surface area contributed by atoms with Gasteiger partial charge in [0.15, 0.2) is 0 Å². The smallest absolute Gasteiger partial charge is 0.339 e. The van der Waals surface area contributed by atoms with Crippen LogP contribution in [0.15, 0.2) is 24.3 Å². The normalized spacial score (nSPS) is 22.0. The lowest BCUT2D eigenvalue weighted by atomic mass is 10.0. The van der Waals surface area contributed by atoms with Crippen molar-refractivity contribution in [1.82, 2.24) is 4.90 Å². The van der Waals surface area contributed by atoms with Gasteiger partial charge < -0.3 is 9.47 Å². The summed E-state index contributed by atoms with van der Waals surface area (Å²) in [7, 11) is 0. The first-order valence-corrected chi connectivity index (χ1v) is 6.94. The van der Waals surface area contributed by atoms with E-state index in [4.69, 9.17) is 9.47 Å². The van der Waals surface area contributed by atoms with Crippen molar-refractivity contribution in [2.75, 3.05) is 32.8 Å². The monoisotopic (exact) mass is 297 g/mol. The number of carbonyl (C=O) groups is 1. The predicted molar refractivity (Wildman–Crippen MR) is 78.3 cm³/mol. The van der Waals surface area contributed by atoms with E-state index in [1.54, 1.807) is 0 Å². The minimum atomic E-state index is -0.174. The number of nitrogens with zero attached hydrogens (tertiary/aromatic N) is 1. The molecule has 0 bridgehead atoms. The molecule has 110 valence electrons. The van der Waals surface area contributed by atoms with E-state index in [0.717, 1.165) is 56.8 Å². The van der Waals surface area contributed by atoms with E-state index in [2.05, 4.69) is 4.90 Å². The fourth-order valence-electron chi connectivity index (χ4n) is 2.76. The minimum Gasteiger partial charge on any atom is -0.454 e. The number of benzene rings is 1. The van der Waals surface area contributed by atoms with Crippen molar-refractivity contribution in [3.05, 3.63) is 35.4 Å². The third-order valence-corrected chi connectivity index (χ3v) is 3.82. The van der Waals surface area contributed by atoms with Crippen molar-refractivity contribution in [3.63, 3.8) is 0 Å². The molecule has 1 unspecified atom stereocenters. The summed E-state index contributed by atoms with van der Waals surface area (Å²) in [5.74, 6) is -0.174. The highest BCUT2D eigenvalue weighted by atomic mass is 35.5. The molecule has 4 nitrogen and oxygen atoms in total. The number of halogens is 1. The van der Waals surface area contributed by atoms with E-state index in [1.807, 2.05) is 24.3 Å². The highest BCUT2D eigenvalue weighted by Gasteiger charge is 2.29. The molecule has 20 heavy (non-hydrogen) atoms. The molecule has 1 fully saturated rings. The quantitative estimate of drug-likeness (QED) is 0.800. The third-order valence-electron chi connectivity index (χ3n) is 3.82. The summed E-state index contributed by atoms with van der Waals surface area (Å²) in [4.78, 5) is 14.1. The Morgan fingerprint density at radius 3 is 2.75 bits per heavy atom. The van der Waals surface area contributed by atoms with Crippen LogP contribution in [0, 0.1) is 0 Å². The van der Waals surface area contributed by atoms with Gasteiger partial charge in [0.1, 0.15) is 6.10 Å². The van der Waals surface area contributed by atoms with Crippen LogP contribution in [0.4, 0.5) is 0 Å². The molecule has 2 heterocycles. The van der Waals surface area contributed by atoms with E-state index in [1.165, 1.54) is 0 Å². The standard InChI is InChI=1S/C15H19NO3.ClH/c17-15-13-5-2-1-4-12(13)14(19-15)6-3-7-16-8-10-18-11-9-16;/h1-2,4-5,14H,3,6-11H2;1H. The van der Waals surface area contributed by atoms with Crippen LogP contribution in [-0.4, -0.2) is 43.7 Å². The average Bonchev–Trinajstić information content (AvgIpc) is 2.78. The van der Waals surface area contributed by atoms with E-state index in [0.29, 0.717) is 0 Å². The maximum Gasteiger partial charge on any atom is 0.339 e. The number of hydrogen-bond acceptors (Lipinski definition) is 4. The molecule has 2 aliphatic heterocycles. The molecule has 3 rings (SSSR count). The highest BCUT2D eigenvalue weighted by molar-refractivity contribution is 5.93. The first kappa shape index (κ1) is 15.3. The van der Waals surface area contributed by atoms with Gasteiger partial charge >= 0.3 is 5.97 Å². The van der Waals surface area contributed by atoms with Gasteiger partial charge in [-0.05, 0) is 25.5 Å². The van der Waals surface area contributed by atoms with Crippen molar-refractivity contribution in [1.29, 1.82) is 0 Å². The van der Waals surface area contributed by atoms with Gasteiger partial charge in [0, 0.05) is 18.7 Å². The molecule has 0 radical (unpaired) electrons. The molecule has 5 heteroatoms. The summed E-state index contributed by atoms with van der Waals surface area (Å²) < 4.78 is 10.8. The molecule has 1 aromatic rings. The largest absolute Gasteiger partial charge is 0.454 e. The second-order valence-corrected chi connectivity index (χ2v) is 5.08. The summed E-state index contributed by atoms with van der Waals surface area (Å²) in [5.41, 5.74) is 1.79. The molecule has 0 spiro atoms. The van der Waals surface area contributed by atoms with Crippen molar-refractivity contribution in [3.8, 4) is 0 Å². The maximum atomic E-state index is 11.7. The first-order chi connectivity index (χ1) is 9.34. The summed E-state index contributed by atoms with van der Waals surface area (Å²) in [6.45, 7) is 4.75. The number of esters is 1. The summed E-state index contributed by atoms with van der Waals surface area (Å²) in [6, 6.07) is 7.70. The Morgan fingerprint density at radius 1 is 1.20 bits per heavy atom. The van der Waals surface area contributed by atoms with Gasteiger partial charge in [-0.1, -0.05) is 18.2 Å². The lowest BCUT2D eigenvalue weighted by molar-refractivity contribution is 0.0281. The summed E-state index contributed by atoms with van der Waals surface area (Å²) >= 11 is 0. The molecular formula is C15H20ClNO3. The highest BCUT2D eigenvalue weighted by Crippen LogP contribution is 2.33. The first-order valence-electron chi connectivity index (χ1n) is 6.94. The zero-order valence-electron chi connectivity index (χ0n) is 11.4. The lowest BCUT2D eigenvalue weighted by Gasteiger charge is -2.26. The Kier molecular flexibility index (Phi) is 5.40. The van der Waals surface area contributed by atoms with E-state index in [-0.39, 0.29) is 24.5 Å². The van der Waals surface area contributed by atoms with Gasteiger partial charge in [-0.3, -0.25) is 4.90 Å². The molecule has 0 aliphatic carbocycles. The maximum absolute atomic E-state index is 11.7. The van der Waals surface area contributed by atoms with Gasteiger partial charge in [-0.15, -0.1) is 12.4 Å². The molecule has 2 aliphatic rings. The molecule has 0 saturated carbocycles. The lowest BCUT2D eigenvalue weighted by Crippen LogP contribution is -2.36. The zero-order valence-corrected chi connectivity index (χ0v) is 12.2. The van der Waals surface area contributed by atoms with E-state index in [9.17, 15) is 4.79 Å².